The number of carbonyl (C=O) groups is 2. The number of piperidine rings is 1. The van der Waals surface area contributed by atoms with Gasteiger partial charge in [-0.25, -0.2) is 4.79 Å². The number of amides is 3. The van der Waals surface area contributed by atoms with Crippen LogP contribution in [0.2, 0.25) is 0 Å². The second-order valence-electron chi connectivity index (χ2n) is 7.42. The van der Waals surface area contributed by atoms with E-state index in [1.165, 1.54) is 0 Å². The van der Waals surface area contributed by atoms with E-state index in [2.05, 4.69) is 6.92 Å². The number of nitrogens with two attached hydrogens (primary N) is 1. The number of likely N-dealkylation sites (tertiary alicyclic amines) is 3. The summed E-state index contributed by atoms with van der Waals surface area (Å²) in [5, 5.41) is 0. The average Bonchev–Trinajstić information content (AvgIpc) is 3.23. The lowest BCUT2D eigenvalue weighted by molar-refractivity contribution is -0.137. The highest BCUT2D eigenvalue weighted by Crippen LogP contribution is 2.28. The van der Waals surface area contributed by atoms with Crippen LogP contribution in [0.3, 0.4) is 0 Å². The predicted molar refractivity (Wildman–Crippen MR) is 88.8 cm³/mol. The monoisotopic (exact) mass is 322 g/mol. The molecule has 0 radical (unpaired) electrons. The van der Waals surface area contributed by atoms with Gasteiger partial charge < -0.3 is 20.4 Å². The standard InChI is InChI=1S/C17H30N4O2/c1-13-10-14(11-18)12-21(13)16(22)15-4-8-20(9-5-15)17(23)19-6-2-3-7-19/h13-15H,2-12,18H2,1H3. The van der Waals surface area contributed by atoms with Crippen molar-refractivity contribution >= 4 is 11.9 Å². The summed E-state index contributed by atoms with van der Waals surface area (Å²) in [6, 6.07) is 0.478. The van der Waals surface area contributed by atoms with Crippen molar-refractivity contribution in [1.82, 2.24) is 14.7 Å². The summed E-state index contributed by atoms with van der Waals surface area (Å²) in [5.41, 5.74) is 5.76. The zero-order valence-corrected chi connectivity index (χ0v) is 14.2. The number of nitrogens with zero attached hydrogens (tertiary/aromatic N) is 3. The molecule has 0 bridgehead atoms. The van der Waals surface area contributed by atoms with Crippen molar-refractivity contribution in [3.63, 3.8) is 0 Å². The Morgan fingerprint density at radius 3 is 2.22 bits per heavy atom. The highest BCUT2D eigenvalue weighted by Gasteiger charge is 2.37. The Kier molecular flexibility index (Phi) is 5.09. The fraction of sp³-hybridized carbons (Fsp3) is 0.882. The highest BCUT2D eigenvalue weighted by molar-refractivity contribution is 5.80. The van der Waals surface area contributed by atoms with Gasteiger partial charge in [0.25, 0.3) is 0 Å². The van der Waals surface area contributed by atoms with Crippen LogP contribution in [0.25, 0.3) is 0 Å². The SMILES string of the molecule is CC1CC(CN)CN1C(=O)C1CCN(C(=O)N2CCCC2)CC1. The van der Waals surface area contributed by atoms with E-state index < -0.39 is 0 Å². The average molecular weight is 322 g/mol. The predicted octanol–water partition coefficient (Wildman–Crippen LogP) is 1.11. The lowest BCUT2D eigenvalue weighted by Gasteiger charge is -2.36. The molecule has 3 fully saturated rings. The van der Waals surface area contributed by atoms with Crippen molar-refractivity contribution in [1.29, 1.82) is 0 Å². The number of hydrogen-bond acceptors (Lipinski definition) is 3. The minimum Gasteiger partial charge on any atom is -0.339 e. The smallest absolute Gasteiger partial charge is 0.319 e. The van der Waals surface area contributed by atoms with Crippen molar-refractivity contribution < 1.29 is 9.59 Å². The summed E-state index contributed by atoms with van der Waals surface area (Å²) < 4.78 is 0. The van der Waals surface area contributed by atoms with Crippen molar-refractivity contribution in [2.24, 2.45) is 17.6 Å². The quantitative estimate of drug-likeness (QED) is 0.828. The van der Waals surface area contributed by atoms with E-state index in [-0.39, 0.29) is 17.9 Å². The summed E-state index contributed by atoms with van der Waals surface area (Å²) in [5.74, 6) is 0.809. The van der Waals surface area contributed by atoms with Crippen molar-refractivity contribution in [3.05, 3.63) is 0 Å². The van der Waals surface area contributed by atoms with Crippen LogP contribution in [0.4, 0.5) is 4.79 Å². The van der Waals surface area contributed by atoms with Gasteiger partial charge in [-0.05, 0) is 51.5 Å². The molecule has 2 atom stereocenters. The van der Waals surface area contributed by atoms with E-state index in [1.807, 2.05) is 14.7 Å². The Hall–Kier alpha value is -1.30. The Labute approximate surface area is 139 Å². The molecule has 0 spiro atoms. The van der Waals surface area contributed by atoms with Gasteiger partial charge in [-0.15, -0.1) is 0 Å². The molecule has 0 aliphatic carbocycles. The number of hydrogen-bond donors (Lipinski definition) is 1. The second kappa shape index (κ2) is 7.07. The molecular weight excluding hydrogens is 292 g/mol. The normalized spacial score (nSPS) is 29.4. The van der Waals surface area contributed by atoms with E-state index in [4.69, 9.17) is 5.73 Å². The Morgan fingerprint density at radius 2 is 1.65 bits per heavy atom. The fourth-order valence-electron chi connectivity index (χ4n) is 4.28. The molecule has 2 N–H and O–H groups in total. The lowest BCUT2D eigenvalue weighted by atomic mass is 9.95. The maximum absolute atomic E-state index is 12.8. The van der Waals surface area contributed by atoms with Gasteiger partial charge >= 0.3 is 6.03 Å². The molecule has 6 nitrogen and oxygen atoms in total. The maximum atomic E-state index is 12.8. The zero-order valence-electron chi connectivity index (χ0n) is 14.2. The van der Waals surface area contributed by atoms with Crippen LogP contribution < -0.4 is 5.73 Å². The zero-order chi connectivity index (χ0) is 16.4. The molecule has 0 aromatic rings. The summed E-state index contributed by atoms with van der Waals surface area (Å²) in [7, 11) is 0. The minimum absolute atomic E-state index is 0.0802. The first-order valence-electron chi connectivity index (χ1n) is 9.14. The molecule has 3 aliphatic heterocycles. The van der Waals surface area contributed by atoms with Crippen LogP contribution >= 0.6 is 0 Å². The van der Waals surface area contributed by atoms with Gasteiger partial charge in [-0.2, -0.15) is 0 Å². The molecule has 0 aromatic heterocycles. The topological polar surface area (TPSA) is 69.9 Å². The van der Waals surface area contributed by atoms with Gasteiger partial charge in [-0.1, -0.05) is 0 Å². The van der Waals surface area contributed by atoms with Gasteiger partial charge in [-0.3, -0.25) is 4.79 Å². The Morgan fingerprint density at radius 1 is 1.04 bits per heavy atom. The van der Waals surface area contributed by atoms with Gasteiger partial charge in [0.15, 0.2) is 0 Å². The molecule has 0 aromatic carbocycles. The number of carbonyl (C=O) groups excluding carboxylic acids is 2. The van der Waals surface area contributed by atoms with Crippen LogP contribution in [0.15, 0.2) is 0 Å². The molecule has 23 heavy (non-hydrogen) atoms. The van der Waals surface area contributed by atoms with Crippen LogP contribution in [0.1, 0.15) is 39.0 Å². The maximum Gasteiger partial charge on any atom is 0.319 e. The first-order valence-corrected chi connectivity index (χ1v) is 9.14. The molecule has 0 saturated carbocycles. The number of urea groups is 1. The van der Waals surface area contributed by atoms with Crippen LogP contribution in [-0.4, -0.2) is 71.9 Å². The van der Waals surface area contributed by atoms with Gasteiger partial charge in [0.05, 0.1) is 0 Å². The van der Waals surface area contributed by atoms with Gasteiger partial charge in [0.2, 0.25) is 5.91 Å². The molecule has 2 unspecified atom stereocenters. The molecule has 3 rings (SSSR count). The molecule has 3 heterocycles. The van der Waals surface area contributed by atoms with Crippen LogP contribution in [-0.2, 0) is 4.79 Å². The first-order chi connectivity index (χ1) is 11.1. The third-order valence-corrected chi connectivity index (χ3v) is 5.77. The molecule has 3 saturated heterocycles. The summed E-state index contributed by atoms with van der Waals surface area (Å²) >= 11 is 0. The molecule has 3 aliphatic rings. The highest BCUT2D eigenvalue weighted by atomic mass is 16.2. The Bertz CT molecular complexity index is 442. The molecular formula is C17H30N4O2. The van der Waals surface area contributed by atoms with Crippen molar-refractivity contribution in [2.45, 2.75) is 45.1 Å². The van der Waals surface area contributed by atoms with E-state index in [9.17, 15) is 9.59 Å². The van der Waals surface area contributed by atoms with Crippen molar-refractivity contribution in [3.8, 4) is 0 Å². The van der Waals surface area contributed by atoms with Gasteiger partial charge in [0, 0.05) is 44.7 Å². The van der Waals surface area contributed by atoms with Crippen LogP contribution in [0.5, 0.6) is 0 Å². The fourth-order valence-corrected chi connectivity index (χ4v) is 4.28. The summed E-state index contributed by atoms with van der Waals surface area (Å²) in [4.78, 5) is 31.1. The minimum atomic E-state index is 0.0802. The molecule has 130 valence electrons. The Balaban J connectivity index is 1.50. The number of rotatable bonds is 2. The van der Waals surface area contributed by atoms with E-state index in [0.29, 0.717) is 31.6 Å². The third-order valence-electron chi connectivity index (χ3n) is 5.77. The van der Waals surface area contributed by atoms with Gasteiger partial charge in [0.1, 0.15) is 0 Å². The second-order valence-corrected chi connectivity index (χ2v) is 7.42. The largest absolute Gasteiger partial charge is 0.339 e. The van der Waals surface area contributed by atoms with Crippen LogP contribution in [0, 0.1) is 11.8 Å². The van der Waals surface area contributed by atoms with E-state index in [1.54, 1.807) is 0 Å². The van der Waals surface area contributed by atoms with E-state index in [0.717, 1.165) is 51.7 Å². The molecule has 3 amide bonds. The summed E-state index contributed by atoms with van der Waals surface area (Å²) in [6.45, 7) is 6.81. The molecule has 6 heteroatoms. The third kappa shape index (κ3) is 3.47. The lowest BCUT2D eigenvalue weighted by Crippen LogP contribution is -2.48. The summed E-state index contributed by atoms with van der Waals surface area (Å²) in [6.07, 6.45) is 4.87. The first kappa shape index (κ1) is 16.6. The van der Waals surface area contributed by atoms with Crippen molar-refractivity contribution in [2.75, 3.05) is 39.3 Å². The van der Waals surface area contributed by atoms with E-state index >= 15 is 0 Å².